The van der Waals surface area contributed by atoms with Gasteiger partial charge in [0.25, 0.3) is 0 Å². The molecule has 0 N–H and O–H groups in total. The molecule has 19 heteroatoms. The van der Waals surface area contributed by atoms with Crippen LogP contribution in [0.5, 0.6) is 0 Å². The molecule has 0 radical (unpaired) electrons. The summed E-state index contributed by atoms with van der Waals surface area (Å²) in [6, 6.07) is 0. The topological polar surface area (TPSA) is 0 Å². The third-order valence-electron chi connectivity index (χ3n) is 0. The van der Waals surface area contributed by atoms with Crippen molar-refractivity contribution in [1.82, 2.24) is 0 Å². The second-order valence-corrected chi connectivity index (χ2v) is 0. The monoisotopic (exact) mass is 528 g/mol. The van der Waals surface area contributed by atoms with Crippen LogP contribution in [0.2, 0.25) is 0 Å². The van der Waals surface area contributed by atoms with Gasteiger partial charge in [0.05, 0.1) is 0 Å². The SMILES string of the molecule is Cl.Cl.Cl.Cl.Cl.Cl.[NaH].[NaH].[NaH].[NaH].[NaH].[NaH].[NaH].[NaH].[NaH].[NaH].[NaH].[NaH].[NaH]. The van der Waals surface area contributed by atoms with E-state index < -0.39 is 0 Å². The Labute approximate surface area is 444 Å². The first-order chi connectivity index (χ1) is 0. The van der Waals surface area contributed by atoms with E-state index in [4.69, 9.17) is 0 Å². The van der Waals surface area contributed by atoms with Gasteiger partial charge in [0.1, 0.15) is 0 Å². The Hall–Kier alpha value is 14.7. The Balaban J connectivity index is 0. The van der Waals surface area contributed by atoms with Crippen molar-refractivity contribution in [1.29, 1.82) is 0 Å². The molecule has 19 heavy (non-hydrogen) atoms. The van der Waals surface area contributed by atoms with Gasteiger partial charge in [-0.25, -0.2) is 0 Å². The van der Waals surface area contributed by atoms with Crippen LogP contribution in [-0.4, -0.2) is 384 Å². The summed E-state index contributed by atoms with van der Waals surface area (Å²) >= 11 is 0. The Morgan fingerprint density at radius 2 is 0.105 bits per heavy atom. The van der Waals surface area contributed by atoms with E-state index in [1.165, 1.54) is 0 Å². The van der Waals surface area contributed by atoms with Crippen molar-refractivity contribution >= 4 is 459 Å². The molecule has 0 bridgehead atoms. The Morgan fingerprint density at radius 1 is 0.105 bits per heavy atom. The summed E-state index contributed by atoms with van der Waals surface area (Å²) in [7, 11) is 0. The van der Waals surface area contributed by atoms with Crippen molar-refractivity contribution in [2.24, 2.45) is 0 Å². The van der Waals surface area contributed by atoms with Crippen LogP contribution in [0.3, 0.4) is 0 Å². The molecule has 0 aromatic carbocycles. The van der Waals surface area contributed by atoms with Crippen LogP contribution in [0.25, 0.3) is 0 Å². The first kappa shape index (κ1) is 166. The van der Waals surface area contributed by atoms with Crippen molar-refractivity contribution in [2.45, 2.75) is 0 Å². The molecule has 0 rings (SSSR count). The van der Waals surface area contributed by atoms with Crippen molar-refractivity contribution in [3.05, 3.63) is 0 Å². The predicted molar refractivity (Wildman–Crippen MR) is 136 cm³/mol. The Morgan fingerprint density at radius 3 is 0.105 bits per heavy atom. The van der Waals surface area contributed by atoms with E-state index >= 15 is 0 Å². The fourth-order valence-corrected chi connectivity index (χ4v) is 0. The minimum absolute atomic E-state index is 0. The van der Waals surface area contributed by atoms with Gasteiger partial charge in [-0.05, 0) is 0 Å². The van der Waals surface area contributed by atoms with Gasteiger partial charge in [-0.15, -0.1) is 74.4 Å². The Bertz CT molecular complexity index is 17.1. The summed E-state index contributed by atoms with van der Waals surface area (Å²) in [5.41, 5.74) is 0. The quantitative estimate of drug-likeness (QED) is 0.274. The molecule has 0 aliphatic heterocycles. The summed E-state index contributed by atoms with van der Waals surface area (Å²) < 4.78 is 0. The average molecular weight is 531 g/mol. The van der Waals surface area contributed by atoms with E-state index in [0.717, 1.165) is 0 Å². The van der Waals surface area contributed by atoms with Crippen molar-refractivity contribution in [3.63, 3.8) is 0 Å². The summed E-state index contributed by atoms with van der Waals surface area (Å²) in [4.78, 5) is 0. The second-order valence-electron chi connectivity index (χ2n) is 0. The van der Waals surface area contributed by atoms with Gasteiger partial charge in [0, 0.05) is 0 Å². The van der Waals surface area contributed by atoms with Crippen molar-refractivity contribution in [3.8, 4) is 0 Å². The molecule has 0 aliphatic carbocycles. The number of halogens is 6. The molecule has 0 saturated carbocycles. The molecule has 0 heterocycles. The third kappa shape index (κ3) is 142. The zero-order valence-electron chi connectivity index (χ0n) is 2.45. The van der Waals surface area contributed by atoms with Gasteiger partial charge >= 0.3 is 384 Å². The van der Waals surface area contributed by atoms with Crippen LogP contribution in [0.4, 0.5) is 0 Å². The van der Waals surface area contributed by atoms with Crippen LogP contribution in [0, 0.1) is 0 Å². The average Bonchev–Trinajstić information content (AvgIpc) is 0. The maximum atomic E-state index is 0. The minimum atomic E-state index is 0. The molecule has 0 nitrogen and oxygen atoms in total. The number of hydrogen-bond donors (Lipinski definition) is 0. The molecule has 0 aromatic heterocycles. The van der Waals surface area contributed by atoms with Crippen LogP contribution >= 0.6 is 74.4 Å². The molecule has 0 unspecified atom stereocenters. The van der Waals surface area contributed by atoms with Gasteiger partial charge in [-0.2, -0.15) is 0 Å². The molecule has 0 fully saturated rings. The summed E-state index contributed by atoms with van der Waals surface area (Å²) in [5, 5.41) is 0. The van der Waals surface area contributed by atoms with E-state index in [2.05, 4.69) is 0 Å². The van der Waals surface area contributed by atoms with E-state index in [9.17, 15) is 0 Å². The zero-order valence-corrected chi connectivity index (χ0v) is 7.35. The van der Waals surface area contributed by atoms with E-state index in [0.29, 0.717) is 0 Å². The summed E-state index contributed by atoms with van der Waals surface area (Å²) in [5.74, 6) is 0. The molecule has 0 atom stereocenters. The van der Waals surface area contributed by atoms with Crippen LogP contribution in [-0.2, 0) is 0 Å². The first-order valence-electron chi connectivity index (χ1n) is 0. The van der Waals surface area contributed by atoms with Crippen LogP contribution < -0.4 is 0 Å². The fraction of sp³-hybridized carbons (Fsp3) is 0. The van der Waals surface area contributed by atoms with Crippen LogP contribution in [0.1, 0.15) is 0 Å². The summed E-state index contributed by atoms with van der Waals surface area (Å²) in [6.45, 7) is 0. The Kier molecular flexibility index (Phi) is 1330. The zero-order chi connectivity index (χ0) is 0. The summed E-state index contributed by atoms with van der Waals surface area (Å²) in [6.07, 6.45) is 0. The normalized spacial score (nSPS) is 0. The molecule has 0 saturated heterocycles. The molecule has 0 aromatic rings. The predicted octanol–water partition coefficient (Wildman–Crippen LogP) is -5.90. The standard InChI is InChI=1S/6ClH.13Na.13H/h6*1H;;;;;;;;;;;;;;;;;;;;;;;;;;. The third-order valence-corrected chi connectivity index (χ3v) is 0. The molecular weight excluding hydrogens is 512 g/mol. The van der Waals surface area contributed by atoms with Crippen molar-refractivity contribution in [2.75, 3.05) is 0 Å². The van der Waals surface area contributed by atoms with Gasteiger partial charge in [-0.1, -0.05) is 0 Å². The second kappa shape index (κ2) is 152. The molecule has 74 valence electrons. The van der Waals surface area contributed by atoms with Gasteiger partial charge in [0.15, 0.2) is 0 Å². The molecule has 0 amide bonds. The van der Waals surface area contributed by atoms with Crippen LogP contribution in [0.15, 0.2) is 0 Å². The van der Waals surface area contributed by atoms with Gasteiger partial charge in [-0.3, -0.25) is 0 Å². The van der Waals surface area contributed by atoms with Crippen molar-refractivity contribution < 1.29 is 0 Å². The van der Waals surface area contributed by atoms with E-state index in [1.807, 2.05) is 0 Å². The molecule has 0 spiro atoms. The van der Waals surface area contributed by atoms with Gasteiger partial charge in [0.2, 0.25) is 0 Å². The van der Waals surface area contributed by atoms with E-state index in [-0.39, 0.29) is 459 Å². The maximum absolute atomic E-state index is 0. The number of rotatable bonds is 0. The molecular formula is H19Cl6Na13. The number of hydrogen-bond acceptors (Lipinski definition) is 0. The van der Waals surface area contributed by atoms with Gasteiger partial charge < -0.3 is 0 Å². The van der Waals surface area contributed by atoms with E-state index in [1.54, 1.807) is 0 Å². The first-order valence-corrected chi connectivity index (χ1v) is 0. The molecule has 0 aliphatic rings. The fourth-order valence-electron chi connectivity index (χ4n) is 0.